The van der Waals surface area contributed by atoms with Crippen LogP contribution in [0.25, 0.3) is 0 Å². The van der Waals surface area contributed by atoms with Gasteiger partial charge in [0, 0.05) is 6.54 Å². The fourth-order valence-corrected chi connectivity index (χ4v) is 4.59. The molecule has 0 aromatic rings. The Bertz CT molecular complexity index is 651. The van der Waals surface area contributed by atoms with Crippen molar-refractivity contribution in [3.63, 3.8) is 0 Å². The smallest absolute Gasteiger partial charge is 0.411 e. The van der Waals surface area contributed by atoms with Crippen LogP contribution in [-0.4, -0.2) is 64.8 Å². The Morgan fingerprint density at radius 3 is 2.70 bits per heavy atom. The topological polar surface area (TPSA) is 82.9 Å². The van der Waals surface area contributed by atoms with Crippen molar-refractivity contribution in [3.8, 4) is 6.07 Å². The molecule has 2 bridgehead atoms. The first-order valence-electron chi connectivity index (χ1n) is 9.70. The van der Waals surface area contributed by atoms with E-state index in [9.17, 15) is 14.9 Å². The molecule has 0 radical (unpaired) electrons. The molecule has 2 aliphatic heterocycles. The summed E-state index contributed by atoms with van der Waals surface area (Å²) in [6.07, 6.45) is 4.07. The molecule has 3 fully saturated rings. The normalized spacial score (nSPS) is 32.4. The molecule has 0 unspecified atom stereocenters. The van der Waals surface area contributed by atoms with Crippen LogP contribution < -0.4 is 0 Å². The third kappa shape index (κ3) is 3.81. The third-order valence-corrected chi connectivity index (χ3v) is 5.58. The van der Waals surface area contributed by atoms with Gasteiger partial charge in [-0.15, -0.1) is 6.58 Å². The second kappa shape index (κ2) is 7.51. The Kier molecular flexibility index (Phi) is 5.48. The minimum atomic E-state index is -0.646. The average molecular weight is 375 g/mol. The molecule has 7 heteroatoms. The maximum absolute atomic E-state index is 13.3. The fraction of sp³-hybridized carbons (Fsp3) is 0.750. The van der Waals surface area contributed by atoms with Gasteiger partial charge in [-0.1, -0.05) is 6.08 Å². The Morgan fingerprint density at radius 2 is 2.07 bits per heavy atom. The summed E-state index contributed by atoms with van der Waals surface area (Å²) in [5.41, 5.74) is -0.646. The summed E-state index contributed by atoms with van der Waals surface area (Å²) in [7, 11) is 0. The zero-order valence-corrected chi connectivity index (χ0v) is 16.4. The van der Waals surface area contributed by atoms with E-state index in [2.05, 4.69) is 12.6 Å². The van der Waals surface area contributed by atoms with E-state index < -0.39 is 23.8 Å². The van der Waals surface area contributed by atoms with Gasteiger partial charge in [0.2, 0.25) is 5.91 Å². The molecule has 0 spiro atoms. The van der Waals surface area contributed by atoms with E-state index in [4.69, 9.17) is 9.47 Å². The first-order chi connectivity index (χ1) is 12.8. The van der Waals surface area contributed by atoms with Gasteiger partial charge in [0.1, 0.15) is 17.7 Å². The minimum Gasteiger partial charge on any atom is -0.444 e. The molecule has 0 aromatic heterocycles. The molecular formula is C20H29N3O4. The average Bonchev–Trinajstić information content (AvgIpc) is 3.30. The highest BCUT2D eigenvalue weighted by atomic mass is 16.6. The maximum Gasteiger partial charge on any atom is 0.411 e. The number of hydrogen-bond donors (Lipinski definition) is 0. The van der Waals surface area contributed by atoms with Crippen LogP contribution in [0.4, 0.5) is 4.79 Å². The molecule has 3 rings (SSSR count). The SMILES string of the molecule is C=CCO[C@@H]1C[C@@H]2C[C@H]1N(C(=O)OC(C)(C)C)[C@@H]2C(=O)N1CCC[C@H]1C#N. The van der Waals surface area contributed by atoms with E-state index in [-0.39, 0.29) is 24.0 Å². The monoisotopic (exact) mass is 375 g/mol. The van der Waals surface area contributed by atoms with Crippen molar-refractivity contribution < 1.29 is 19.1 Å². The molecule has 3 aliphatic rings. The van der Waals surface area contributed by atoms with Crippen LogP contribution in [0.5, 0.6) is 0 Å². The summed E-state index contributed by atoms with van der Waals surface area (Å²) < 4.78 is 11.4. The predicted octanol–water partition coefficient (Wildman–Crippen LogP) is 2.47. The van der Waals surface area contributed by atoms with E-state index in [1.807, 2.05) is 20.8 Å². The lowest BCUT2D eigenvalue weighted by Gasteiger charge is -2.40. The molecule has 0 N–H and O–H groups in total. The Balaban J connectivity index is 1.83. The summed E-state index contributed by atoms with van der Waals surface area (Å²) in [5.74, 6) is -0.0932. The molecule has 2 heterocycles. The lowest BCUT2D eigenvalue weighted by molar-refractivity contribution is -0.140. The predicted molar refractivity (Wildman–Crippen MR) is 98.7 cm³/mol. The van der Waals surface area contributed by atoms with Gasteiger partial charge >= 0.3 is 6.09 Å². The molecule has 1 saturated carbocycles. The van der Waals surface area contributed by atoms with Crippen LogP contribution in [0, 0.1) is 17.2 Å². The molecule has 0 aromatic carbocycles. The van der Waals surface area contributed by atoms with Crippen LogP contribution in [0.2, 0.25) is 0 Å². The number of amides is 2. The molecule has 5 atom stereocenters. The molecule has 2 saturated heterocycles. The minimum absolute atomic E-state index is 0.0322. The number of likely N-dealkylation sites (tertiary alicyclic amines) is 2. The molecule has 2 amide bonds. The van der Waals surface area contributed by atoms with Gasteiger partial charge in [-0.2, -0.15) is 5.26 Å². The van der Waals surface area contributed by atoms with E-state index in [0.717, 1.165) is 19.3 Å². The van der Waals surface area contributed by atoms with Crippen molar-refractivity contribution in [1.29, 1.82) is 5.26 Å². The van der Waals surface area contributed by atoms with Gasteiger partial charge in [0.25, 0.3) is 0 Å². The number of rotatable bonds is 4. The highest BCUT2D eigenvalue weighted by Gasteiger charge is 2.58. The van der Waals surface area contributed by atoms with Gasteiger partial charge in [-0.3, -0.25) is 9.69 Å². The largest absolute Gasteiger partial charge is 0.444 e. The first kappa shape index (κ1) is 19.7. The van der Waals surface area contributed by atoms with Crippen molar-refractivity contribution in [1.82, 2.24) is 9.80 Å². The summed E-state index contributed by atoms with van der Waals surface area (Å²) in [5, 5.41) is 9.35. The van der Waals surface area contributed by atoms with Crippen LogP contribution in [0.3, 0.4) is 0 Å². The number of nitrogens with zero attached hydrogens (tertiary/aromatic N) is 3. The molecule has 7 nitrogen and oxygen atoms in total. The van der Waals surface area contributed by atoms with Gasteiger partial charge < -0.3 is 14.4 Å². The van der Waals surface area contributed by atoms with Crippen LogP contribution in [-0.2, 0) is 14.3 Å². The lowest BCUT2D eigenvalue weighted by Crippen LogP contribution is -2.58. The van der Waals surface area contributed by atoms with Crippen LogP contribution >= 0.6 is 0 Å². The van der Waals surface area contributed by atoms with E-state index in [0.29, 0.717) is 19.6 Å². The van der Waals surface area contributed by atoms with Gasteiger partial charge in [0.15, 0.2) is 0 Å². The highest BCUT2D eigenvalue weighted by molar-refractivity contribution is 5.88. The van der Waals surface area contributed by atoms with Gasteiger partial charge in [-0.05, 0) is 52.4 Å². The standard InChI is InChI=1S/C20H29N3O4/c1-5-9-26-16-11-13-10-15(16)23(19(25)27-20(2,3)4)17(13)18(24)22-8-6-7-14(22)12-21/h5,13-17H,1,6-11H2,2-4H3/t13-,14-,15+,16+,17-/m0/s1. The Hall–Kier alpha value is -2.07. The third-order valence-electron chi connectivity index (χ3n) is 5.58. The number of carbonyl (C=O) groups excluding carboxylic acids is 2. The highest BCUT2D eigenvalue weighted by Crippen LogP contribution is 2.45. The number of ether oxygens (including phenoxy) is 2. The van der Waals surface area contributed by atoms with Crippen molar-refractivity contribution >= 4 is 12.0 Å². The van der Waals surface area contributed by atoms with Crippen molar-refractivity contribution in [3.05, 3.63) is 12.7 Å². The summed E-state index contributed by atoms with van der Waals surface area (Å²) >= 11 is 0. The Labute approximate surface area is 160 Å². The summed E-state index contributed by atoms with van der Waals surface area (Å²) in [6.45, 7) is 10.1. The fourth-order valence-electron chi connectivity index (χ4n) is 4.59. The number of nitriles is 1. The second-order valence-corrected chi connectivity index (χ2v) is 8.61. The number of piperidine rings is 1. The summed E-state index contributed by atoms with van der Waals surface area (Å²) in [6, 6.07) is 1.07. The molecule has 148 valence electrons. The Morgan fingerprint density at radius 1 is 1.33 bits per heavy atom. The van der Waals surface area contributed by atoms with Crippen LogP contribution in [0.1, 0.15) is 46.5 Å². The lowest BCUT2D eigenvalue weighted by atomic mass is 9.96. The number of fused-ring (bicyclic) bond motifs is 2. The maximum atomic E-state index is 13.3. The zero-order chi connectivity index (χ0) is 19.8. The van der Waals surface area contributed by atoms with Gasteiger partial charge in [0.05, 0.1) is 24.8 Å². The van der Waals surface area contributed by atoms with Crippen molar-refractivity contribution in [2.75, 3.05) is 13.2 Å². The van der Waals surface area contributed by atoms with E-state index in [1.54, 1.807) is 15.9 Å². The van der Waals surface area contributed by atoms with Gasteiger partial charge in [-0.25, -0.2) is 4.79 Å². The molecule has 27 heavy (non-hydrogen) atoms. The van der Waals surface area contributed by atoms with Crippen molar-refractivity contribution in [2.24, 2.45) is 5.92 Å². The number of hydrogen-bond acceptors (Lipinski definition) is 5. The van der Waals surface area contributed by atoms with Crippen LogP contribution in [0.15, 0.2) is 12.7 Å². The number of carbonyl (C=O) groups is 2. The molecular weight excluding hydrogens is 346 g/mol. The van der Waals surface area contributed by atoms with E-state index in [1.165, 1.54) is 0 Å². The van der Waals surface area contributed by atoms with E-state index >= 15 is 0 Å². The zero-order valence-electron chi connectivity index (χ0n) is 16.4. The summed E-state index contributed by atoms with van der Waals surface area (Å²) in [4.78, 5) is 29.4. The van der Waals surface area contributed by atoms with Crippen molar-refractivity contribution in [2.45, 2.75) is 76.3 Å². The molecule has 1 aliphatic carbocycles. The second-order valence-electron chi connectivity index (χ2n) is 8.61. The first-order valence-corrected chi connectivity index (χ1v) is 9.70. The quantitative estimate of drug-likeness (QED) is 0.705.